The lowest BCUT2D eigenvalue weighted by Crippen LogP contribution is -2.31. The molecule has 3 aromatic carbocycles. The van der Waals surface area contributed by atoms with Crippen LogP contribution in [0, 0.1) is 0 Å². The molecule has 8 heteroatoms. The molecule has 0 spiro atoms. The number of carbonyl (C=O) groups excluding carboxylic acids is 1. The Labute approximate surface area is 211 Å². The highest BCUT2D eigenvalue weighted by molar-refractivity contribution is 8.19. The molecule has 0 bridgehead atoms. The van der Waals surface area contributed by atoms with Crippen LogP contribution in [0.3, 0.4) is 0 Å². The maximum absolute atomic E-state index is 13.6. The number of hydrogen-bond acceptors (Lipinski definition) is 5. The highest BCUT2D eigenvalue weighted by Crippen LogP contribution is 2.50. The number of amidine groups is 1. The van der Waals surface area contributed by atoms with Crippen molar-refractivity contribution in [2.45, 2.75) is 11.3 Å². The van der Waals surface area contributed by atoms with Gasteiger partial charge in [0, 0.05) is 28.5 Å². The van der Waals surface area contributed by atoms with E-state index >= 15 is 0 Å². The van der Waals surface area contributed by atoms with E-state index in [1.54, 1.807) is 22.7 Å². The van der Waals surface area contributed by atoms with Crippen LogP contribution in [-0.4, -0.2) is 29.6 Å². The minimum absolute atomic E-state index is 0.0371. The van der Waals surface area contributed by atoms with Crippen LogP contribution in [0.15, 0.2) is 92.6 Å². The van der Waals surface area contributed by atoms with Gasteiger partial charge in [0.05, 0.1) is 16.4 Å². The van der Waals surface area contributed by atoms with Gasteiger partial charge in [-0.2, -0.15) is 0 Å². The second-order valence-corrected chi connectivity index (χ2v) is 10.5. The van der Waals surface area contributed by atoms with Crippen LogP contribution >= 0.6 is 46.7 Å². The number of benzene rings is 3. The van der Waals surface area contributed by atoms with E-state index in [-0.39, 0.29) is 5.91 Å². The molecule has 0 N–H and O–H groups in total. The van der Waals surface area contributed by atoms with Crippen LogP contribution in [0.2, 0.25) is 10.0 Å². The standard InChI is InChI=1S/C25H19Cl2N3OS2/c1-29-20-15-18(27)10-11-21(20)32-24(29)22-23(31)30(13-12-16-6-3-2-4-7-16)25(33-22)28-19-9-5-8-17(26)14-19/h2-11,14-15H,12-13H2,1H3/b24-22-,28-25?. The number of nitrogens with zero attached hydrogens (tertiary/aromatic N) is 3. The number of carbonyl (C=O) groups is 1. The van der Waals surface area contributed by atoms with Gasteiger partial charge in [-0.25, -0.2) is 4.99 Å². The number of rotatable bonds is 4. The molecule has 1 amide bonds. The van der Waals surface area contributed by atoms with Gasteiger partial charge in [0.25, 0.3) is 5.91 Å². The van der Waals surface area contributed by atoms with Crippen molar-refractivity contribution in [1.82, 2.24) is 4.90 Å². The number of halogens is 2. The molecule has 0 aliphatic carbocycles. The number of hydrogen-bond donors (Lipinski definition) is 0. The van der Waals surface area contributed by atoms with E-state index in [2.05, 4.69) is 12.1 Å². The van der Waals surface area contributed by atoms with Crippen LogP contribution in [0.5, 0.6) is 0 Å². The van der Waals surface area contributed by atoms with E-state index in [1.165, 1.54) is 17.3 Å². The van der Waals surface area contributed by atoms with Crippen LogP contribution in [0.4, 0.5) is 11.4 Å². The van der Waals surface area contributed by atoms with Gasteiger partial charge in [0.15, 0.2) is 5.17 Å². The molecule has 2 aliphatic rings. The zero-order chi connectivity index (χ0) is 22.9. The summed E-state index contributed by atoms with van der Waals surface area (Å²) in [5.41, 5.74) is 2.89. The maximum atomic E-state index is 13.6. The normalized spacial score (nSPS) is 19.0. The van der Waals surface area contributed by atoms with Crippen molar-refractivity contribution in [3.63, 3.8) is 0 Å². The topological polar surface area (TPSA) is 35.9 Å². The Morgan fingerprint density at radius 3 is 2.48 bits per heavy atom. The summed E-state index contributed by atoms with van der Waals surface area (Å²) in [6, 6.07) is 23.3. The first-order chi connectivity index (χ1) is 16.0. The largest absolute Gasteiger partial charge is 0.337 e. The molecule has 4 nitrogen and oxygen atoms in total. The molecule has 3 aromatic rings. The van der Waals surface area contributed by atoms with Gasteiger partial charge in [0.1, 0.15) is 4.91 Å². The number of thioether (sulfide) groups is 2. The van der Waals surface area contributed by atoms with Gasteiger partial charge in [-0.05, 0) is 60.1 Å². The van der Waals surface area contributed by atoms with Gasteiger partial charge in [-0.15, -0.1) is 0 Å². The van der Waals surface area contributed by atoms with E-state index in [4.69, 9.17) is 28.2 Å². The third-order valence-corrected chi connectivity index (χ3v) is 8.25. The minimum Gasteiger partial charge on any atom is -0.337 e. The number of fused-ring (bicyclic) bond motifs is 1. The van der Waals surface area contributed by atoms with Crippen LogP contribution in [-0.2, 0) is 11.2 Å². The van der Waals surface area contributed by atoms with Crippen molar-refractivity contribution >= 4 is 69.2 Å². The Kier molecular flexibility index (Phi) is 6.43. The third kappa shape index (κ3) is 4.66. The first kappa shape index (κ1) is 22.4. The fourth-order valence-corrected chi connectivity index (χ4v) is 6.38. The summed E-state index contributed by atoms with van der Waals surface area (Å²) >= 11 is 15.4. The number of aliphatic imine (C=N–C) groups is 1. The van der Waals surface area contributed by atoms with Gasteiger partial charge < -0.3 is 4.90 Å². The van der Waals surface area contributed by atoms with E-state index < -0.39 is 0 Å². The molecule has 0 aromatic heterocycles. The Morgan fingerprint density at radius 2 is 1.70 bits per heavy atom. The summed E-state index contributed by atoms with van der Waals surface area (Å²) in [6.07, 6.45) is 0.739. The van der Waals surface area contributed by atoms with Gasteiger partial charge in [-0.1, -0.05) is 71.4 Å². The minimum atomic E-state index is -0.0371. The predicted molar refractivity (Wildman–Crippen MR) is 141 cm³/mol. The van der Waals surface area contributed by atoms with E-state index in [1.807, 2.05) is 66.5 Å². The fourth-order valence-electron chi connectivity index (χ4n) is 3.68. The summed E-state index contributed by atoms with van der Waals surface area (Å²) in [4.78, 5) is 24.0. The first-order valence-electron chi connectivity index (χ1n) is 10.3. The van der Waals surface area contributed by atoms with Gasteiger partial charge in [0.2, 0.25) is 0 Å². The van der Waals surface area contributed by atoms with Gasteiger partial charge >= 0.3 is 0 Å². The molecular weight excluding hydrogens is 493 g/mol. The Bertz CT molecular complexity index is 1290. The first-order valence-corrected chi connectivity index (χ1v) is 12.7. The molecular formula is C25H19Cl2N3OS2. The lowest BCUT2D eigenvalue weighted by Gasteiger charge is -2.17. The molecule has 0 unspecified atom stereocenters. The van der Waals surface area contributed by atoms with Crippen molar-refractivity contribution in [2.24, 2.45) is 4.99 Å². The lowest BCUT2D eigenvalue weighted by molar-refractivity contribution is -0.122. The molecule has 2 heterocycles. The molecule has 2 aliphatic heterocycles. The van der Waals surface area contributed by atoms with E-state index in [9.17, 15) is 4.79 Å². The average molecular weight is 512 g/mol. The zero-order valence-corrected chi connectivity index (χ0v) is 20.8. The van der Waals surface area contributed by atoms with Crippen molar-refractivity contribution in [2.75, 3.05) is 18.5 Å². The zero-order valence-electron chi connectivity index (χ0n) is 17.7. The van der Waals surface area contributed by atoms with E-state index in [0.717, 1.165) is 27.7 Å². The highest BCUT2D eigenvalue weighted by Gasteiger charge is 2.39. The van der Waals surface area contributed by atoms with Crippen molar-refractivity contribution < 1.29 is 4.79 Å². The van der Waals surface area contributed by atoms with E-state index in [0.29, 0.717) is 26.7 Å². The summed E-state index contributed by atoms with van der Waals surface area (Å²) < 4.78 is 0. The monoisotopic (exact) mass is 511 g/mol. The summed E-state index contributed by atoms with van der Waals surface area (Å²) in [5.74, 6) is -0.0371. The molecule has 166 valence electrons. The Morgan fingerprint density at radius 1 is 0.909 bits per heavy atom. The average Bonchev–Trinajstić information content (AvgIpc) is 3.29. The molecule has 0 atom stereocenters. The fraction of sp³-hybridized carbons (Fsp3) is 0.120. The highest BCUT2D eigenvalue weighted by atomic mass is 35.5. The second-order valence-electron chi connectivity index (χ2n) is 7.58. The Balaban J connectivity index is 1.51. The molecule has 1 saturated heterocycles. The molecule has 0 radical (unpaired) electrons. The van der Waals surface area contributed by atoms with Crippen LogP contribution < -0.4 is 4.90 Å². The summed E-state index contributed by atoms with van der Waals surface area (Å²) in [7, 11) is 1.96. The quantitative estimate of drug-likeness (QED) is 0.346. The lowest BCUT2D eigenvalue weighted by atomic mass is 10.1. The maximum Gasteiger partial charge on any atom is 0.269 e. The SMILES string of the molecule is CN1/C(=C2/SC(=Nc3cccc(Cl)c3)N(CCc3ccccc3)C2=O)Sc2ccc(Cl)cc21. The predicted octanol–water partition coefficient (Wildman–Crippen LogP) is 7.21. The van der Waals surface area contributed by atoms with Crippen LogP contribution in [0.1, 0.15) is 5.56 Å². The van der Waals surface area contributed by atoms with Crippen molar-refractivity contribution in [3.05, 3.63) is 98.3 Å². The van der Waals surface area contributed by atoms with Crippen LogP contribution in [0.25, 0.3) is 0 Å². The smallest absolute Gasteiger partial charge is 0.269 e. The van der Waals surface area contributed by atoms with Crippen molar-refractivity contribution in [3.8, 4) is 0 Å². The molecule has 33 heavy (non-hydrogen) atoms. The summed E-state index contributed by atoms with van der Waals surface area (Å²) in [5, 5.41) is 2.83. The Hall–Kier alpha value is -2.38. The number of amides is 1. The molecule has 1 fully saturated rings. The molecule has 0 saturated carbocycles. The molecule has 5 rings (SSSR count). The summed E-state index contributed by atoms with van der Waals surface area (Å²) in [6.45, 7) is 0.541. The number of anilines is 1. The second kappa shape index (κ2) is 9.47. The third-order valence-electron chi connectivity index (χ3n) is 5.35. The van der Waals surface area contributed by atoms with Gasteiger partial charge in [-0.3, -0.25) is 9.69 Å². The van der Waals surface area contributed by atoms with Crippen molar-refractivity contribution in [1.29, 1.82) is 0 Å².